The molecule has 2 aromatic rings. The number of nitrogens with zero attached hydrogens (tertiary/aromatic N) is 3. The molecule has 0 aliphatic carbocycles. The maximum Gasteiger partial charge on any atom is 0.236 e. The number of phenols is 1. The fourth-order valence-corrected chi connectivity index (χ4v) is 3.62. The number of piperazine rings is 1. The molecule has 0 spiro atoms. The van der Waals surface area contributed by atoms with Crippen LogP contribution in [0.5, 0.6) is 17.2 Å². The Morgan fingerprint density at radius 3 is 2.50 bits per heavy atom. The summed E-state index contributed by atoms with van der Waals surface area (Å²) in [4.78, 5) is 18.8. The zero-order valence-electron chi connectivity index (χ0n) is 16.0. The minimum Gasteiger partial charge on any atom is -0.508 e. The van der Waals surface area contributed by atoms with E-state index in [1.165, 1.54) is 0 Å². The number of ether oxygens (including phenoxy) is 2. The van der Waals surface area contributed by atoms with Gasteiger partial charge in [0.05, 0.1) is 6.54 Å². The van der Waals surface area contributed by atoms with Gasteiger partial charge in [0.15, 0.2) is 11.5 Å². The average molecular weight is 383 g/mol. The Bertz CT molecular complexity index is 832. The number of carbonyl (C=O) groups excluding carboxylic acids is 1. The molecule has 4 rings (SSSR count). The molecule has 1 fully saturated rings. The molecule has 0 bridgehead atoms. The largest absolute Gasteiger partial charge is 0.508 e. The van der Waals surface area contributed by atoms with Gasteiger partial charge in [-0.25, -0.2) is 0 Å². The minimum atomic E-state index is 0.147. The van der Waals surface area contributed by atoms with Crippen LogP contribution in [0.3, 0.4) is 0 Å². The third-order valence-corrected chi connectivity index (χ3v) is 5.14. The van der Waals surface area contributed by atoms with Crippen molar-refractivity contribution in [1.82, 2.24) is 9.80 Å². The van der Waals surface area contributed by atoms with Gasteiger partial charge in [0.2, 0.25) is 12.7 Å². The molecular weight excluding hydrogens is 358 g/mol. The van der Waals surface area contributed by atoms with Crippen LogP contribution in [-0.2, 0) is 11.3 Å². The Morgan fingerprint density at radius 2 is 1.75 bits per heavy atom. The van der Waals surface area contributed by atoms with Crippen LogP contribution in [0, 0.1) is 0 Å². The van der Waals surface area contributed by atoms with E-state index in [9.17, 15) is 9.90 Å². The fraction of sp³-hybridized carbons (Fsp3) is 0.381. The van der Waals surface area contributed by atoms with E-state index < -0.39 is 0 Å². The van der Waals surface area contributed by atoms with Crippen molar-refractivity contribution in [2.75, 3.05) is 51.5 Å². The first-order valence-electron chi connectivity index (χ1n) is 9.47. The van der Waals surface area contributed by atoms with E-state index in [1.807, 2.05) is 47.2 Å². The summed E-state index contributed by atoms with van der Waals surface area (Å²) in [5, 5.41) is 9.42. The van der Waals surface area contributed by atoms with Crippen LogP contribution in [-0.4, -0.2) is 67.4 Å². The molecule has 1 N–H and O–H groups in total. The van der Waals surface area contributed by atoms with E-state index in [4.69, 9.17) is 9.47 Å². The number of fused-ring (bicyclic) bond motifs is 1. The number of phenolic OH excluding ortho intramolecular Hbond substituents is 1. The number of rotatable bonds is 5. The minimum absolute atomic E-state index is 0.147. The first-order valence-corrected chi connectivity index (χ1v) is 9.47. The maximum absolute atomic E-state index is 12.7. The number of aromatic hydroxyl groups is 1. The summed E-state index contributed by atoms with van der Waals surface area (Å²) in [6.45, 7) is 4.33. The summed E-state index contributed by atoms with van der Waals surface area (Å²) in [5.74, 6) is 1.95. The molecule has 28 heavy (non-hydrogen) atoms. The van der Waals surface area contributed by atoms with Gasteiger partial charge in [-0.15, -0.1) is 0 Å². The molecule has 1 saturated heterocycles. The van der Waals surface area contributed by atoms with Crippen LogP contribution < -0.4 is 14.4 Å². The predicted octanol–water partition coefficient (Wildman–Crippen LogP) is 1.90. The number of anilines is 1. The van der Waals surface area contributed by atoms with Gasteiger partial charge in [0.25, 0.3) is 0 Å². The number of benzene rings is 2. The van der Waals surface area contributed by atoms with Gasteiger partial charge >= 0.3 is 0 Å². The van der Waals surface area contributed by atoms with Crippen LogP contribution >= 0.6 is 0 Å². The molecule has 2 aliphatic heterocycles. The van der Waals surface area contributed by atoms with Gasteiger partial charge in [0.1, 0.15) is 5.75 Å². The van der Waals surface area contributed by atoms with Crippen LogP contribution in [0.1, 0.15) is 5.56 Å². The highest BCUT2D eigenvalue weighted by atomic mass is 16.7. The SMILES string of the molecule is CN(CC(=O)N1CCN(c2ccc(O)cc2)CC1)Cc1ccc2c(c1)OCO2. The number of carbonyl (C=O) groups is 1. The Kier molecular flexibility index (Phi) is 5.25. The lowest BCUT2D eigenvalue weighted by Gasteiger charge is -2.36. The van der Waals surface area contributed by atoms with Crippen molar-refractivity contribution in [1.29, 1.82) is 0 Å². The Morgan fingerprint density at radius 1 is 1.04 bits per heavy atom. The smallest absolute Gasteiger partial charge is 0.236 e. The van der Waals surface area contributed by atoms with Crippen molar-refractivity contribution in [2.24, 2.45) is 0 Å². The predicted molar refractivity (Wildman–Crippen MR) is 106 cm³/mol. The first kappa shape index (κ1) is 18.4. The zero-order chi connectivity index (χ0) is 19.5. The molecule has 0 saturated carbocycles. The molecule has 2 heterocycles. The molecule has 0 aromatic heterocycles. The van der Waals surface area contributed by atoms with Gasteiger partial charge in [-0.2, -0.15) is 0 Å². The van der Waals surface area contributed by atoms with Crippen molar-refractivity contribution in [3.63, 3.8) is 0 Å². The van der Waals surface area contributed by atoms with Crippen molar-refractivity contribution < 1.29 is 19.4 Å². The lowest BCUT2D eigenvalue weighted by atomic mass is 10.2. The lowest BCUT2D eigenvalue weighted by molar-refractivity contribution is -0.132. The lowest BCUT2D eigenvalue weighted by Crippen LogP contribution is -2.51. The molecule has 2 aliphatic rings. The topological polar surface area (TPSA) is 65.5 Å². The van der Waals surface area contributed by atoms with E-state index in [-0.39, 0.29) is 18.4 Å². The second-order valence-electron chi connectivity index (χ2n) is 7.24. The highest BCUT2D eigenvalue weighted by molar-refractivity contribution is 5.78. The molecule has 0 atom stereocenters. The van der Waals surface area contributed by atoms with Gasteiger partial charge < -0.3 is 24.4 Å². The molecule has 1 amide bonds. The van der Waals surface area contributed by atoms with Gasteiger partial charge in [-0.05, 0) is 49.0 Å². The molecule has 0 unspecified atom stereocenters. The summed E-state index contributed by atoms with van der Waals surface area (Å²) in [6.07, 6.45) is 0. The van der Waals surface area contributed by atoms with Crippen LogP contribution in [0.2, 0.25) is 0 Å². The summed E-state index contributed by atoms with van der Waals surface area (Å²) < 4.78 is 10.8. The monoisotopic (exact) mass is 383 g/mol. The Balaban J connectivity index is 1.26. The number of amides is 1. The Hall–Kier alpha value is -2.93. The normalized spacial score (nSPS) is 15.9. The van der Waals surface area contributed by atoms with Gasteiger partial charge in [-0.3, -0.25) is 9.69 Å². The van der Waals surface area contributed by atoms with Crippen LogP contribution in [0.4, 0.5) is 5.69 Å². The van der Waals surface area contributed by atoms with Crippen LogP contribution in [0.15, 0.2) is 42.5 Å². The van der Waals surface area contributed by atoms with E-state index in [0.717, 1.165) is 35.8 Å². The molecule has 0 radical (unpaired) electrons. The zero-order valence-corrected chi connectivity index (χ0v) is 16.0. The highest BCUT2D eigenvalue weighted by Gasteiger charge is 2.22. The van der Waals surface area contributed by atoms with Gasteiger partial charge in [0, 0.05) is 38.4 Å². The maximum atomic E-state index is 12.7. The van der Waals surface area contributed by atoms with E-state index >= 15 is 0 Å². The second kappa shape index (κ2) is 7.98. The highest BCUT2D eigenvalue weighted by Crippen LogP contribution is 2.32. The average Bonchev–Trinajstić information content (AvgIpc) is 3.16. The third-order valence-electron chi connectivity index (χ3n) is 5.14. The van der Waals surface area contributed by atoms with E-state index in [1.54, 1.807) is 12.1 Å². The molecular formula is C21H25N3O4. The molecule has 148 valence electrons. The first-order chi connectivity index (χ1) is 13.6. The molecule has 7 nitrogen and oxygen atoms in total. The van der Waals surface area contributed by atoms with Crippen molar-refractivity contribution in [2.45, 2.75) is 6.54 Å². The van der Waals surface area contributed by atoms with Crippen molar-refractivity contribution in [3.8, 4) is 17.2 Å². The quantitative estimate of drug-likeness (QED) is 0.851. The summed E-state index contributed by atoms with van der Waals surface area (Å²) >= 11 is 0. The standard InChI is InChI=1S/C21H25N3O4/c1-22(13-16-2-7-19-20(12-16)28-15-27-19)14-21(26)24-10-8-23(9-11-24)17-3-5-18(25)6-4-17/h2-7,12,25H,8-11,13-15H2,1H3. The van der Waals surface area contributed by atoms with Crippen molar-refractivity contribution >= 4 is 11.6 Å². The Labute approximate surface area is 164 Å². The molecule has 2 aromatic carbocycles. The van der Waals surface area contributed by atoms with E-state index in [0.29, 0.717) is 26.2 Å². The summed E-state index contributed by atoms with van der Waals surface area (Å²) in [7, 11) is 1.95. The number of hydrogen-bond donors (Lipinski definition) is 1. The van der Waals surface area contributed by atoms with E-state index in [2.05, 4.69) is 4.90 Å². The third kappa shape index (κ3) is 4.14. The fourth-order valence-electron chi connectivity index (χ4n) is 3.62. The number of likely N-dealkylation sites (N-methyl/N-ethyl adjacent to an activating group) is 1. The second-order valence-corrected chi connectivity index (χ2v) is 7.24. The van der Waals surface area contributed by atoms with Gasteiger partial charge in [-0.1, -0.05) is 6.07 Å². The molecule has 7 heteroatoms. The van der Waals surface area contributed by atoms with Crippen molar-refractivity contribution in [3.05, 3.63) is 48.0 Å². The number of hydrogen-bond acceptors (Lipinski definition) is 6. The van der Waals surface area contributed by atoms with Crippen LogP contribution in [0.25, 0.3) is 0 Å². The summed E-state index contributed by atoms with van der Waals surface area (Å²) in [5.41, 5.74) is 2.17. The summed E-state index contributed by atoms with van der Waals surface area (Å²) in [6, 6.07) is 13.1.